The zero-order valence-electron chi connectivity index (χ0n) is 8.81. The summed E-state index contributed by atoms with van der Waals surface area (Å²) in [7, 11) is 1.13. The summed E-state index contributed by atoms with van der Waals surface area (Å²) in [5, 5.41) is 5.13. The van der Waals surface area contributed by atoms with Crippen molar-refractivity contribution in [1.29, 1.82) is 0 Å². The molecule has 17 heavy (non-hydrogen) atoms. The second-order valence-corrected chi connectivity index (χ2v) is 3.46. The molecule has 0 aromatic heterocycles. The SMILES string of the molecule is COc1cc2c(cc1C(F)(F)F)NCNC2=O. The Bertz CT molecular complexity index is 471. The van der Waals surface area contributed by atoms with Gasteiger partial charge in [0.2, 0.25) is 0 Å². The zero-order chi connectivity index (χ0) is 12.6. The van der Waals surface area contributed by atoms with Crippen molar-refractivity contribution in [1.82, 2.24) is 5.32 Å². The van der Waals surface area contributed by atoms with Gasteiger partial charge >= 0.3 is 6.18 Å². The quantitative estimate of drug-likeness (QED) is 0.794. The van der Waals surface area contributed by atoms with Crippen LogP contribution in [0.3, 0.4) is 0 Å². The largest absolute Gasteiger partial charge is 0.496 e. The molecule has 0 aliphatic carbocycles. The highest BCUT2D eigenvalue weighted by Crippen LogP contribution is 2.39. The fourth-order valence-corrected chi connectivity index (χ4v) is 1.62. The van der Waals surface area contributed by atoms with Gasteiger partial charge in [0, 0.05) is 5.69 Å². The first-order valence-electron chi connectivity index (χ1n) is 4.75. The minimum atomic E-state index is -4.52. The van der Waals surface area contributed by atoms with E-state index in [1.54, 1.807) is 0 Å². The Balaban J connectivity index is 2.60. The van der Waals surface area contributed by atoms with E-state index >= 15 is 0 Å². The van der Waals surface area contributed by atoms with Gasteiger partial charge in [0.25, 0.3) is 5.91 Å². The van der Waals surface area contributed by atoms with Crippen LogP contribution < -0.4 is 15.4 Å². The summed E-state index contributed by atoms with van der Waals surface area (Å²) >= 11 is 0. The van der Waals surface area contributed by atoms with E-state index in [1.807, 2.05) is 0 Å². The van der Waals surface area contributed by atoms with Gasteiger partial charge in [0.15, 0.2) is 0 Å². The number of benzene rings is 1. The van der Waals surface area contributed by atoms with Gasteiger partial charge < -0.3 is 15.4 Å². The van der Waals surface area contributed by atoms with Crippen LogP contribution in [0.5, 0.6) is 5.75 Å². The predicted molar refractivity (Wildman–Crippen MR) is 54.0 cm³/mol. The maximum absolute atomic E-state index is 12.7. The molecule has 92 valence electrons. The standard InChI is InChI=1S/C10H9F3N2O2/c1-17-8-2-5-7(14-4-15-9(5)16)3-6(8)10(11,12)13/h2-3,14H,4H2,1H3,(H,15,16). The summed E-state index contributed by atoms with van der Waals surface area (Å²) in [5.74, 6) is -0.791. The van der Waals surface area contributed by atoms with Crippen LogP contribution in [0.25, 0.3) is 0 Å². The molecular weight excluding hydrogens is 237 g/mol. The molecule has 1 aromatic rings. The molecule has 0 spiro atoms. The highest BCUT2D eigenvalue weighted by atomic mass is 19.4. The first-order valence-corrected chi connectivity index (χ1v) is 4.75. The van der Waals surface area contributed by atoms with Crippen molar-refractivity contribution in [2.45, 2.75) is 6.18 Å². The lowest BCUT2D eigenvalue weighted by Gasteiger charge is -2.21. The van der Waals surface area contributed by atoms with Crippen molar-refractivity contribution in [3.8, 4) is 5.75 Å². The molecule has 1 aromatic carbocycles. The Morgan fingerprint density at radius 1 is 1.29 bits per heavy atom. The average Bonchev–Trinajstić information content (AvgIpc) is 2.27. The minimum absolute atomic E-state index is 0.107. The van der Waals surface area contributed by atoms with E-state index in [4.69, 9.17) is 0 Å². The van der Waals surface area contributed by atoms with Crippen molar-refractivity contribution in [2.75, 3.05) is 19.1 Å². The second-order valence-electron chi connectivity index (χ2n) is 3.46. The molecule has 0 unspecified atom stereocenters. The number of fused-ring (bicyclic) bond motifs is 1. The number of hydrogen-bond acceptors (Lipinski definition) is 3. The molecule has 0 saturated heterocycles. The number of halogens is 3. The number of rotatable bonds is 1. The van der Waals surface area contributed by atoms with Crippen LogP contribution in [0.2, 0.25) is 0 Å². The minimum Gasteiger partial charge on any atom is -0.496 e. The Morgan fingerprint density at radius 3 is 2.59 bits per heavy atom. The molecular formula is C10H9F3N2O2. The molecule has 0 atom stereocenters. The number of hydrogen-bond donors (Lipinski definition) is 2. The first-order chi connectivity index (χ1) is 7.93. The smallest absolute Gasteiger partial charge is 0.420 e. The highest BCUT2D eigenvalue weighted by molar-refractivity contribution is 6.01. The highest BCUT2D eigenvalue weighted by Gasteiger charge is 2.36. The molecule has 2 rings (SSSR count). The molecule has 1 aliphatic heterocycles. The third-order valence-corrected chi connectivity index (χ3v) is 2.42. The van der Waals surface area contributed by atoms with Crippen LogP contribution in [0.15, 0.2) is 12.1 Å². The lowest BCUT2D eigenvalue weighted by molar-refractivity contribution is -0.138. The molecule has 7 heteroatoms. The van der Waals surface area contributed by atoms with E-state index in [9.17, 15) is 18.0 Å². The van der Waals surface area contributed by atoms with E-state index in [0.29, 0.717) is 0 Å². The van der Waals surface area contributed by atoms with E-state index in [1.165, 1.54) is 0 Å². The maximum Gasteiger partial charge on any atom is 0.420 e. The molecule has 1 heterocycles. The van der Waals surface area contributed by atoms with Gasteiger partial charge in [-0.2, -0.15) is 13.2 Å². The molecule has 0 saturated carbocycles. The van der Waals surface area contributed by atoms with Gasteiger partial charge in [-0.25, -0.2) is 0 Å². The molecule has 0 radical (unpaired) electrons. The van der Waals surface area contributed by atoms with Crippen LogP contribution in [0, 0.1) is 0 Å². The summed E-state index contributed by atoms with van der Waals surface area (Å²) in [6.45, 7) is 0.107. The van der Waals surface area contributed by atoms with Gasteiger partial charge in [-0.1, -0.05) is 0 Å². The van der Waals surface area contributed by atoms with Crippen LogP contribution in [0.4, 0.5) is 18.9 Å². The van der Waals surface area contributed by atoms with Crippen molar-refractivity contribution < 1.29 is 22.7 Å². The third-order valence-electron chi connectivity index (χ3n) is 2.42. The molecule has 0 bridgehead atoms. The summed E-state index contributed by atoms with van der Waals surface area (Å²) in [5.41, 5.74) is -0.607. The topological polar surface area (TPSA) is 50.4 Å². The van der Waals surface area contributed by atoms with Crippen LogP contribution in [0.1, 0.15) is 15.9 Å². The number of ether oxygens (including phenoxy) is 1. The van der Waals surface area contributed by atoms with E-state index < -0.39 is 17.6 Å². The number of alkyl halides is 3. The van der Waals surface area contributed by atoms with Gasteiger partial charge in [0.05, 0.1) is 24.9 Å². The lowest BCUT2D eigenvalue weighted by Crippen LogP contribution is -2.35. The van der Waals surface area contributed by atoms with E-state index in [0.717, 1.165) is 19.2 Å². The number of methoxy groups -OCH3 is 1. The second kappa shape index (κ2) is 3.83. The van der Waals surface area contributed by atoms with Crippen molar-refractivity contribution in [2.24, 2.45) is 0 Å². The lowest BCUT2D eigenvalue weighted by atomic mass is 10.1. The first kappa shape index (κ1) is 11.6. The van der Waals surface area contributed by atoms with Crippen LogP contribution in [-0.4, -0.2) is 19.7 Å². The fourth-order valence-electron chi connectivity index (χ4n) is 1.62. The number of amides is 1. The fraction of sp³-hybridized carbons (Fsp3) is 0.300. The molecule has 0 fully saturated rings. The third kappa shape index (κ3) is 2.00. The van der Waals surface area contributed by atoms with Crippen LogP contribution >= 0.6 is 0 Å². The Labute approximate surface area is 94.8 Å². The number of nitrogens with one attached hydrogen (secondary N) is 2. The van der Waals surface area contributed by atoms with Gasteiger partial charge in [0.1, 0.15) is 5.75 Å². The van der Waals surface area contributed by atoms with Crippen molar-refractivity contribution in [3.63, 3.8) is 0 Å². The average molecular weight is 246 g/mol. The van der Waals surface area contributed by atoms with E-state index in [2.05, 4.69) is 15.4 Å². The molecule has 2 N–H and O–H groups in total. The molecule has 1 aliphatic rings. The normalized spacial score (nSPS) is 14.7. The Hall–Kier alpha value is -1.92. The maximum atomic E-state index is 12.7. The zero-order valence-corrected chi connectivity index (χ0v) is 8.81. The summed E-state index contributed by atoms with van der Waals surface area (Å²) in [4.78, 5) is 11.4. The predicted octanol–water partition coefficient (Wildman–Crippen LogP) is 1.83. The van der Waals surface area contributed by atoms with Gasteiger partial charge in [-0.3, -0.25) is 4.79 Å². The number of carbonyl (C=O) groups excluding carboxylic acids is 1. The number of carbonyl (C=O) groups is 1. The summed E-state index contributed by atoms with van der Waals surface area (Å²) in [6, 6.07) is 1.96. The van der Waals surface area contributed by atoms with Gasteiger partial charge in [-0.05, 0) is 12.1 Å². The van der Waals surface area contributed by atoms with Gasteiger partial charge in [-0.15, -0.1) is 0 Å². The molecule has 4 nitrogen and oxygen atoms in total. The number of anilines is 1. The molecule has 1 amide bonds. The van der Waals surface area contributed by atoms with Crippen molar-refractivity contribution >= 4 is 11.6 Å². The Morgan fingerprint density at radius 2 is 2.00 bits per heavy atom. The van der Waals surface area contributed by atoms with E-state index in [-0.39, 0.29) is 23.7 Å². The van der Waals surface area contributed by atoms with Crippen LogP contribution in [-0.2, 0) is 6.18 Å². The summed E-state index contributed by atoms with van der Waals surface area (Å²) in [6.07, 6.45) is -4.52. The summed E-state index contributed by atoms with van der Waals surface area (Å²) < 4.78 is 42.7. The Kier molecular flexibility index (Phi) is 2.60. The monoisotopic (exact) mass is 246 g/mol. The van der Waals surface area contributed by atoms with Crippen molar-refractivity contribution in [3.05, 3.63) is 23.3 Å².